The number of aliphatic carboxylic acids is 1. The van der Waals surface area contributed by atoms with Crippen molar-refractivity contribution in [2.75, 3.05) is 19.0 Å². The van der Waals surface area contributed by atoms with E-state index in [1.807, 2.05) is 41.8 Å². The average Bonchev–Trinajstić information content (AvgIpc) is 3.85. The number of rotatable bonds is 9. The number of pyridine rings is 1. The third-order valence-electron chi connectivity index (χ3n) is 12.2. The second kappa shape index (κ2) is 16.9. The Morgan fingerprint density at radius 1 is 0.965 bits per heavy atom. The van der Waals surface area contributed by atoms with Gasteiger partial charge in [-0.15, -0.1) is 11.3 Å². The molecule has 57 heavy (non-hydrogen) atoms. The smallest absolute Gasteiger partial charge is 0.408 e. The van der Waals surface area contributed by atoms with Gasteiger partial charge in [-0.25, -0.2) is 19.6 Å². The Kier molecular flexibility index (Phi) is 11.5. The Labute approximate surface area is 336 Å². The first-order valence-corrected chi connectivity index (χ1v) is 21.4. The van der Waals surface area contributed by atoms with Crippen molar-refractivity contribution < 1.29 is 38.5 Å². The molecule has 304 valence electrons. The summed E-state index contributed by atoms with van der Waals surface area (Å²) in [6.07, 6.45) is 14.4. The lowest BCUT2D eigenvalue weighted by Crippen LogP contribution is -2.56. The van der Waals surface area contributed by atoms with Crippen LogP contribution in [0.4, 0.5) is 9.93 Å². The zero-order valence-corrected chi connectivity index (χ0v) is 33.2. The molecule has 4 N–H and O–H groups in total. The second-order valence-electron chi connectivity index (χ2n) is 16.2. The first-order chi connectivity index (χ1) is 27.7. The summed E-state index contributed by atoms with van der Waals surface area (Å²) in [6.45, 7) is 0.0393. The van der Waals surface area contributed by atoms with Gasteiger partial charge in [-0.1, -0.05) is 37.8 Å². The highest BCUT2D eigenvalue weighted by molar-refractivity contribution is 7.14. The number of benzene rings is 1. The van der Waals surface area contributed by atoms with Gasteiger partial charge in [0.1, 0.15) is 47.0 Å². The van der Waals surface area contributed by atoms with Gasteiger partial charge in [-0.2, -0.15) is 0 Å². The molecule has 8 rings (SSSR count). The molecule has 3 aliphatic carbocycles. The second-order valence-corrected chi connectivity index (χ2v) is 17.0. The molecule has 3 amide bonds. The Balaban J connectivity index is 1.09. The molecule has 1 saturated heterocycles. The maximum absolute atomic E-state index is 14.6. The molecule has 14 nitrogen and oxygen atoms in total. The van der Waals surface area contributed by atoms with Crippen molar-refractivity contribution in [3.8, 4) is 22.9 Å². The number of carboxylic acid groups (broad SMARTS) is 1. The highest BCUT2D eigenvalue weighted by Gasteiger charge is 2.61. The van der Waals surface area contributed by atoms with Crippen LogP contribution in [0.25, 0.3) is 22.3 Å². The summed E-state index contributed by atoms with van der Waals surface area (Å²) in [7, 11) is 1.59. The topological polar surface area (TPSA) is 181 Å². The summed E-state index contributed by atoms with van der Waals surface area (Å²) in [5, 5.41) is 23.0. The molecule has 2 aliphatic heterocycles. The van der Waals surface area contributed by atoms with Gasteiger partial charge < -0.3 is 40.2 Å². The number of methoxy groups -OCH3 is 1. The number of ether oxygens (including phenoxy) is 3. The van der Waals surface area contributed by atoms with E-state index in [4.69, 9.17) is 24.2 Å². The van der Waals surface area contributed by atoms with Gasteiger partial charge in [0.05, 0.1) is 24.9 Å². The molecule has 4 fully saturated rings. The van der Waals surface area contributed by atoms with Crippen molar-refractivity contribution in [1.82, 2.24) is 25.5 Å². The number of nitrogens with zero attached hydrogens (tertiary/aromatic N) is 3. The van der Waals surface area contributed by atoms with Gasteiger partial charge in [0, 0.05) is 41.3 Å². The molecule has 0 radical (unpaired) electrons. The Hall–Kier alpha value is -4.92. The summed E-state index contributed by atoms with van der Waals surface area (Å²) in [5.74, 6) is -1.32. The molecule has 1 aromatic carbocycles. The number of carbonyl (C=O) groups is 4. The third kappa shape index (κ3) is 8.68. The zero-order valence-electron chi connectivity index (χ0n) is 32.4. The van der Waals surface area contributed by atoms with E-state index in [0.717, 1.165) is 62.9 Å². The standard InChI is InChI=1S/C42H52N6O8S/c1-54-28-17-18-30-32(19-28)44-33(34-24-57-40(45-34)43-26-12-7-8-13-26)21-36(30)55-29-20-35-37(49)47-42(39(51)52)22-25(42)11-5-3-2-4-6-16-31(38(50)48(35)23-29)46-41(53)56-27-14-9-10-15-27/h5,11,17-19,21,24-27,29,31,35H,2-4,6-10,12-16,20,22-23H2,1H3,(H,43,45)(H,46,53)(H,47,49)(H,51,52)/b11-5-/t25-,29-,31+,35+,42-/m1/s1. The van der Waals surface area contributed by atoms with Crippen molar-refractivity contribution in [1.29, 1.82) is 0 Å². The van der Waals surface area contributed by atoms with Crippen molar-refractivity contribution in [3.05, 3.63) is 41.8 Å². The molecule has 0 bridgehead atoms. The SMILES string of the molecule is COc1ccc2c(O[C@@H]3C[C@H]4C(=O)N[C@]5(C(=O)O)C[C@H]5/C=C\CCCCC[C@H](NC(=O)OC5CCCC5)C(=O)N4C3)cc(-c3csc(NC4CCCC4)n3)nc2c1. The first-order valence-electron chi connectivity index (χ1n) is 20.6. The number of hydrogen-bond donors (Lipinski definition) is 4. The van der Waals surface area contributed by atoms with Crippen LogP contribution in [0.1, 0.15) is 96.3 Å². The molecule has 5 atom stereocenters. The lowest BCUT2D eigenvalue weighted by Gasteiger charge is -2.29. The first kappa shape index (κ1) is 38.9. The van der Waals surface area contributed by atoms with Gasteiger partial charge in [0.2, 0.25) is 11.8 Å². The van der Waals surface area contributed by atoms with Crippen LogP contribution in [0.5, 0.6) is 11.5 Å². The molecule has 3 saturated carbocycles. The van der Waals surface area contributed by atoms with Crippen molar-refractivity contribution in [2.45, 2.75) is 132 Å². The lowest BCUT2D eigenvalue weighted by molar-refractivity contribution is -0.145. The van der Waals surface area contributed by atoms with E-state index in [0.29, 0.717) is 52.7 Å². The van der Waals surface area contributed by atoms with E-state index >= 15 is 0 Å². The maximum atomic E-state index is 14.6. The van der Waals surface area contributed by atoms with Crippen LogP contribution < -0.4 is 25.4 Å². The van der Waals surface area contributed by atoms with Crippen LogP contribution in [0, 0.1) is 5.92 Å². The molecule has 3 aromatic rings. The zero-order chi connectivity index (χ0) is 39.5. The largest absolute Gasteiger partial charge is 0.497 e. The Morgan fingerprint density at radius 3 is 2.54 bits per heavy atom. The quantitative estimate of drug-likeness (QED) is 0.172. The Bertz CT molecular complexity index is 2010. The van der Waals surface area contributed by atoms with Crippen LogP contribution in [0.15, 0.2) is 41.8 Å². The van der Waals surface area contributed by atoms with E-state index in [1.54, 1.807) is 7.11 Å². The number of alkyl carbamates (subject to hydrolysis) is 1. The minimum Gasteiger partial charge on any atom is -0.497 e. The fourth-order valence-corrected chi connectivity index (χ4v) is 9.68. The predicted octanol–water partition coefficient (Wildman–Crippen LogP) is 6.59. The molecule has 4 heterocycles. The van der Waals surface area contributed by atoms with Gasteiger partial charge in [0.25, 0.3) is 0 Å². The summed E-state index contributed by atoms with van der Waals surface area (Å²) in [6, 6.07) is 5.79. The highest BCUT2D eigenvalue weighted by atomic mass is 32.1. The summed E-state index contributed by atoms with van der Waals surface area (Å²) < 4.78 is 18.0. The van der Waals surface area contributed by atoms with Crippen molar-refractivity contribution >= 4 is 51.2 Å². The van der Waals surface area contributed by atoms with Gasteiger partial charge in [-0.3, -0.25) is 9.59 Å². The van der Waals surface area contributed by atoms with Gasteiger partial charge in [0.15, 0.2) is 5.13 Å². The molecular formula is C42H52N6O8S. The number of anilines is 1. The monoisotopic (exact) mass is 800 g/mol. The molecule has 0 unspecified atom stereocenters. The number of nitrogens with one attached hydrogen (secondary N) is 3. The number of amides is 3. The van der Waals surface area contributed by atoms with Crippen molar-refractivity contribution in [2.24, 2.45) is 5.92 Å². The average molecular weight is 801 g/mol. The summed E-state index contributed by atoms with van der Waals surface area (Å²) in [5.41, 5.74) is 0.472. The highest BCUT2D eigenvalue weighted by Crippen LogP contribution is 2.45. The lowest BCUT2D eigenvalue weighted by atomic mass is 10.0. The van der Waals surface area contributed by atoms with Crippen LogP contribution in [-0.4, -0.2) is 93.4 Å². The Morgan fingerprint density at radius 2 is 1.75 bits per heavy atom. The number of fused-ring (bicyclic) bond motifs is 3. The third-order valence-corrected chi connectivity index (χ3v) is 13.0. The van der Waals surface area contributed by atoms with Crippen LogP contribution in [-0.2, 0) is 19.1 Å². The van der Waals surface area contributed by atoms with Gasteiger partial charge in [-0.05, 0) is 76.3 Å². The summed E-state index contributed by atoms with van der Waals surface area (Å²) >= 11 is 1.53. The van der Waals surface area contributed by atoms with E-state index in [-0.39, 0.29) is 31.4 Å². The van der Waals surface area contributed by atoms with E-state index in [9.17, 15) is 24.3 Å². The van der Waals surface area contributed by atoms with E-state index in [2.05, 4.69) is 16.0 Å². The molecule has 0 spiro atoms. The number of carboxylic acids is 1. The molecule has 15 heteroatoms. The molecule has 2 aromatic heterocycles. The maximum Gasteiger partial charge on any atom is 0.408 e. The fourth-order valence-electron chi connectivity index (χ4n) is 8.89. The van der Waals surface area contributed by atoms with Crippen LogP contribution >= 0.6 is 11.3 Å². The van der Waals surface area contributed by atoms with E-state index in [1.165, 1.54) is 29.1 Å². The van der Waals surface area contributed by atoms with Crippen LogP contribution in [0.3, 0.4) is 0 Å². The number of carbonyl (C=O) groups excluding carboxylic acids is 3. The van der Waals surface area contributed by atoms with Crippen LogP contribution in [0.2, 0.25) is 0 Å². The summed E-state index contributed by atoms with van der Waals surface area (Å²) in [4.78, 5) is 65.9. The minimum absolute atomic E-state index is 0.0393. The van der Waals surface area contributed by atoms with Gasteiger partial charge >= 0.3 is 12.1 Å². The number of thiazole rings is 1. The normalized spacial score (nSPS) is 27.8. The molecular weight excluding hydrogens is 749 g/mol. The molecule has 5 aliphatic rings. The van der Waals surface area contributed by atoms with E-state index < -0.39 is 47.6 Å². The fraction of sp³-hybridized carbons (Fsp3) is 0.571. The van der Waals surface area contributed by atoms with Crippen molar-refractivity contribution in [3.63, 3.8) is 0 Å². The number of allylic oxidation sites excluding steroid dienone is 1. The number of aromatic nitrogens is 2. The number of hydrogen-bond acceptors (Lipinski definition) is 11. The minimum atomic E-state index is -1.45. The predicted molar refractivity (Wildman–Crippen MR) is 214 cm³/mol.